The quantitative estimate of drug-likeness (QED) is 0.506. The monoisotopic (exact) mass is 276 g/mol. The highest BCUT2D eigenvalue weighted by molar-refractivity contribution is 7.98. The minimum absolute atomic E-state index is 0.0873. The maximum absolute atomic E-state index is 10.7. The lowest BCUT2D eigenvalue weighted by Crippen LogP contribution is -1.99. The number of hydrogen-bond donors (Lipinski definition) is 2. The first kappa shape index (κ1) is 13.2. The number of nitro groups is 1. The second-order valence-electron chi connectivity index (χ2n) is 3.75. The number of nitrogens with two attached hydrogens (primary N) is 1. The number of nitrogens with one attached hydrogen (secondary N) is 1. The number of nitrogen functional groups attached to an aromatic ring is 1. The molecule has 2 aromatic rings. The van der Waals surface area contributed by atoms with Crippen molar-refractivity contribution in [1.29, 1.82) is 0 Å². The fourth-order valence-corrected chi connectivity index (χ4v) is 1.94. The van der Waals surface area contributed by atoms with Crippen LogP contribution in [0, 0.1) is 10.1 Å². The average molecular weight is 276 g/mol. The van der Waals surface area contributed by atoms with Crippen LogP contribution in [0.2, 0.25) is 0 Å². The Hall–Kier alpha value is -2.28. The van der Waals surface area contributed by atoms with Crippen molar-refractivity contribution in [3.8, 4) is 0 Å². The molecule has 0 bridgehead atoms. The zero-order valence-corrected chi connectivity index (χ0v) is 11.0. The third-order valence-electron chi connectivity index (χ3n) is 2.40. The van der Waals surface area contributed by atoms with E-state index in [4.69, 9.17) is 5.73 Å². The number of benzene rings is 1. The number of nitrogens with zero attached hydrogens (tertiary/aromatic N) is 2. The van der Waals surface area contributed by atoms with Gasteiger partial charge >= 0.3 is 0 Å². The topological polar surface area (TPSA) is 94.1 Å². The molecular weight excluding hydrogens is 264 g/mol. The van der Waals surface area contributed by atoms with Crippen LogP contribution in [0.4, 0.5) is 23.0 Å². The number of rotatable bonds is 4. The Bertz CT molecular complexity index is 601. The second kappa shape index (κ2) is 5.57. The van der Waals surface area contributed by atoms with Gasteiger partial charge < -0.3 is 11.1 Å². The molecule has 0 aliphatic heterocycles. The molecule has 98 valence electrons. The highest BCUT2D eigenvalue weighted by Crippen LogP contribution is 2.23. The minimum atomic E-state index is -0.500. The molecule has 6 nitrogen and oxygen atoms in total. The van der Waals surface area contributed by atoms with Crippen molar-refractivity contribution in [3.05, 3.63) is 46.5 Å². The van der Waals surface area contributed by atoms with Crippen LogP contribution >= 0.6 is 11.8 Å². The van der Waals surface area contributed by atoms with Crippen molar-refractivity contribution in [2.75, 3.05) is 17.3 Å². The molecule has 0 aliphatic carbocycles. The fraction of sp³-hybridized carbons (Fsp3) is 0.0833. The molecule has 0 aliphatic rings. The van der Waals surface area contributed by atoms with E-state index >= 15 is 0 Å². The van der Waals surface area contributed by atoms with E-state index in [1.54, 1.807) is 11.8 Å². The first-order chi connectivity index (χ1) is 9.08. The molecule has 0 atom stereocenters. The summed E-state index contributed by atoms with van der Waals surface area (Å²) in [5.74, 6) is 0.459. The maximum atomic E-state index is 10.7. The van der Waals surface area contributed by atoms with Crippen LogP contribution in [0.15, 0.2) is 41.3 Å². The van der Waals surface area contributed by atoms with Crippen LogP contribution in [0.25, 0.3) is 0 Å². The minimum Gasteiger partial charge on any atom is -0.383 e. The standard InChI is InChI=1S/C12H12N4O2S/c1-19-10-4-2-8(3-5-10)14-12-7-9(16(17)18)6-11(13)15-12/h2-7H,1H3,(H3,13,14,15). The molecule has 0 amide bonds. The van der Waals surface area contributed by atoms with Gasteiger partial charge in [0.1, 0.15) is 11.6 Å². The van der Waals surface area contributed by atoms with Gasteiger partial charge in [0.05, 0.1) is 17.1 Å². The number of anilines is 3. The summed E-state index contributed by atoms with van der Waals surface area (Å²) < 4.78 is 0. The summed E-state index contributed by atoms with van der Waals surface area (Å²) in [5.41, 5.74) is 6.25. The third-order valence-corrected chi connectivity index (χ3v) is 3.15. The highest BCUT2D eigenvalue weighted by atomic mass is 32.2. The van der Waals surface area contributed by atoms with Gasteiger partial charge in [0.2, 0.25) is 0 Å². The van der Waals surface area contributed by atoms with E-state index < -0.39 is 4.92 Å². The van der Waals surface area contributed by atoms with Gasteiger partial charge in [-0.15, -0.1) is 11.8 Å². The molecule has 7 heteroatoms. The number of hydrogen-bond acceptors (Lipinski definition) is 6. The smallest absolute Gasteiger partial charge is 0.276 e. The van der Waals surface area contributed by atoms with Gasteiger partial charge in [0.15, 0.2) is 0 Å². The molecule has 0 saturated heterocycles. The van der Waals surface area contributed by atoms with E-state index in [9.17, 15) is 10.1 Å². The predicted molar refractivity (Wildman–Crippen MR) is 76.8 cm³/mol. The van der Waals surface area contributed by atoms with E-state index in [1.165, 1.54) is 12.1 Å². The fourth-order valence-electron chi connectivity index (χ4n) is 1.53. The van der Waals surface area contributed by atoms with Gasteiger partial charge in [-0.25, -0.2) is 4.98 Å². The van der Waals surface area contributed by atoms with Crippen LogP contribution in [-0.4, -0.2) is 16.2 Å². The zero-order valence-electron chi connectivity index (χ0n) is 10.2. The first-order valence-corrected chi connectivity index (χ1v) is 6.64. The van der Waals surface area contributed by atoms with Crippen LogP contribution in [0.3, 0.4) is 0 Å². The Balaban J connectivity index is 2.24. The van der Waals surface area contributed by atoms with Crippen LogP contribution in [0.5, 0.6) is 0 Å². The van der Waals surface area contributed by atoms with Gasteiger partial charge in [0, 0.05) is 10.6 Å². The molecule has 19 heavy (non-hydrogen) atoms. The van der Waals surface area contributed by atoms with Crippen molar-refractivity contribution in [1.82, 2.24) is 4.98 Å². The van der Waals surface area contributed by atoms with Gasteiger partial charge in [-0.1, -0.05) is 0 Å². The highest BCUT2D eigenvalue weighted by Gasteiger charge is 2.09. The number of pyridine rings is 1. The summed E-state index contributed by atoms with van der Waals surface area (Å²) in [4.78, 5) is 15.4. The lowest BCUT2D eigenvalue weighted by atomic mass is 10.3. The Morgan fingerprint density at radius 1 is 1.32 bits per heavy atom. The summed E-state index contributed by atoms with van der Waals surface area (Å²) in [6.07, 6.45) is 1.99. The summed E-state index contributed by atoms with van der Waals surface area (Å²) in [5, 5.41) is 13.7. The molecular formula is C12H12N4O2S. The first-order valence-electron chi connectivity index (χ1n) is 5.41. The summed E-state index contributed by atoms with van der Waals surface area (Å²) in [6, 6.07) is 10.2. The molecule has 0 saturated carbocycles. The Morgan fingerprint density at radius 3 is 2.58 bits per heavy atom. The predicted octanol–water partition coefficient (Wildman–Crippen LogP) is 3.04. The van der Waals surface area contributed by atoms with Crippen molar-refractivity contribution >= 4 is 34.8 Å². The van der Waals surface area contributed by atoms with Crippen molar-refractivity contribution in [2.45, 2.75) is 4.90 Å². The van der Waals surface area contributed by atoms with E-state index in [1.807, 2.05) is 30.5 Å². The molecule has 0 spiro atoms. The Labute approximate surface area is 114 Å². The SMILES string of the molecule is CSc1ccc(Nc2cc([N+](=O)[O-])cc(N)n2)cc1. The molecule has 1 aromatic heterocycles. The van der Waals surface area contributed by atoms with Crippen molar-refractivity contribution in [2.24, 2.45) is 0 Å². The molecule has 1 aromatic carbocycles. The molecule has 1 heterocycles. The molecule has 0 unspecified atom stereocenters. The van der Waals surface area contributed by atoms with Crippen LogP contribution in [-0.2, 0) is 0 Å². The molecule has 3 N–H and O–H groups in total. The normalized spacial score (nSPS) is 10.2. The van der Waals surface area contributed by atoms with Crippen molar-refractivity contribution in [3.63, 3.8) is 0 Å². The van der Waals surface area contributed by atoms with Gasteiger partial charge in [0.25, 0.3) is 5.69 Å². The molecule has 0 radical (unpaired) electrons. The van der Waals surface area contributed by atoms with Crippen molar-refractivity contribution < 1.29 is 4.92 Å². The van der Waals surface area contributed by atoms with E-state index in [0.29, 0.717) is 5.82 Å². The molecule has 0 fully saturated rings. The summed E-state index contributed by atoms with van der Waals surface area (Å²) in [7, 11) is 0. The van der Waals surface area contributed by atoms with Gasteiger partial charge in [-0.05, 0) is 30.5 Å². The second-order valence-corrected chi connectivity index (χ2v) is 4.63. The van der Waals surface area contributed by atoms with Gasteiger partial charge in [-0.2, -0.15) is 0 Å². The van der Waals surface area contributed by atoms with Crippen LogP contribution in [0.1, 0.15) is 0 Å². The number of thioether (sulfide) groups is 1. The molecule has 2 rings (SSSR count). The number of aromatic nitrogens is 1. The summed E-state index contributed by atoms with van der Waals surface area (Å²) >= 11 is 1.64. The van der Waals surface area contributed by atoms with E-state index in [0.717, 1.165) is 10.6 Å². The average Bonchev–Trinajstić information content (AvgIpc) is 2.39. The Morgan fingerprint density at radius 2 is 2.00 bits per heavy atom. The van der Waals surface area contributed by atoms with Gasteiger partial charge in [-0.3, -0.25) is 10.1 Å². The zero-order chi connectivity index (χ0) is 13.8. The lowest BCUT2D eigenvalue weighted by molar-refractivity contribution is -0.384. The third kappa shape index (κ3) is 3.35. The lowest BCUT2D eigenvalue weighted by Gasteiger charge is -2.06. The largest absolute Gasteiger partial charge is 0.383 e. The Kier molecular flexibility index (Phi) is 3.86. The summed E-state index contributed by atoms with van der Waals surface area (Å²) in [6.45, 7) is 0. The maximum Gasteiger partial charge on any atom is 0.276 e. The van der Waals surface area contributed by atoms with E-state index in [2.05, 4.69) is 10.3 Å². The van der Waals surface area contributed by atoms with E-state index in [-0.39, 0.29) is 11.5 Å². The van der Waals surface area contributed by atoms with Crippen LogP contribution < -0.4 is 11.1 Å².